The standard InChI is InChI=1S/C20H24N4O5/c1-6-23-19(26)18-15(9-12(2)22(18)3)24(20(23)27)11-17(25)21-14-8-7-13(28-4)10-16(14)29-5/h7-10H,6,11H2,1-5H3,(H,21,25). The maximum absolute atomic E-state index is 12.8. The topological polar surface area (TPSA) is 96.5 Å². The number of carbonyl (C=O) groups excluding carboxylic acids is 1. The van der Waals surface area contributed by atoms with E-state index in [1.807, 2.05) is 6.92 Å². The predicted octanol–water partition coefficient (Wildman–Crippen LogP) is 1.49. The van der Waals surface area contributed by atoms with Crippen molar-refractivity contribution in [1.29, 1.82) is 0 Å². The third-order valence-electron chi connectivity index (χ3n) is 4.95. The molecule has 0 radical (unpaired) electrons. The van der Waals surface area contributed by atoms with Gasteiger partial charge in [-0.15, -0.1) is 0 Å². The highest BCUT2D eigenvalue weighted by Gasteiger charge is 2.19. The first-order valence-corrected chi connectivity index (χ1v) is 9.13. The first-order valence-electron chi connectivity index (χ1n) is 9.13. The second-order valence-electron chi connectivity index (χ2n) is 6.61. The van der Waals surface area contributed by atoms with Gasteiger partial charge in [0.1, 0.15) is 23.6 Å². The zero-order chi connectivity index (χ0) is 21.3. The lowest BCUT2D eigenvalue weighted by molar-refractivity contribution is -0.116. The fourth-order valence-corrected chi connectivity index (χ4v) is 3.30. The van der Waals surface area contributed by atoms with Crippen LogP contribution >= 0.6 is 0 Å². The summed E-state index contributed by atoms with van der Waals surface area (Å²) in [7, 11) is 4.79. The minimum Gasteiger partial charge on any atom is -0.497 e. The van der Waals surface area contributed by atoms with Crippen molar-refractivity contribution in [1.82, 2.24) is 13.7 Å². The van der Waals surface area contributed by atoms with Crippen LogP contribution in [0, 0.1) is 6.92 Å². The van der Waals surface area contributed by atoms with Gasteiger partial charge < -0.3 is 19.4 Å². The van der Waals surface area contributed by atoms with E-state index in [1.165, 1.54) is 18.8 Å². The van der Waals surface area contributed by atoms with Gasteiger partial charge in [0, 0.05) is 25.4 Å². The van der Waals surface area contributed by atoms with E-state index in [-0.39, 0.29) is 18.6 Å². The third-order valence-corrected chi connectivity index (χ3v) is 4.95. The van der Waals surface area contributed by atoms with Crippen LogP contribution in [0.3, 0.4) is 0 Å². The number of nitrogens with zero attached hydrogens (tertiary/aromatic N) is 3. The molecule has 0 aliphatic carbocycles. The van der Waals surface area contributed by atoms with Crippen molar-refractivity contribution in [2.45, 2.75) is 26.9 Å². The quantitative estimate of drug-likeness (QED) is 0.676. The number of rotatable bonds is 6. The minimum absolute atomic E-state index is 0.214. The smallest absolute Gasteiger partial charge is 0.332 e. The van der Waals surface area contributed by atoms with Gasteiger partial charge in [-0.05, 0) is 32.0 Å². The van der Waals surface area contributed by atoms with E-state index in [9.17, 15) is 14.4 Å². The summed E-state index contributed by atoms with van der Waals surface area (Å²) in [5, 5.41) is 2.75. The molecule has 0 fully saturated rings. The van der Waals surface area contributed by atoms with E-state index in [0.717, 1.165) is 10.3 Å². The molecule has 3 aromatic rings. The van der Waals surface area contributed by atoms with Crippen LogP contribution in [0.1, 0.15) is 12.6 Å². The summed E-state index contributed by atoms with van der Waals surface area (Å²) in [5.41, 5.74) is 1.20. The largest absolute Gasteiger partial charge is 0.497 e. The second-order valence-corrected chi connectivity index (χ2v) is 6.61. The van der Waals surface area contributed by atoms with E-state index < -0.39 is 11.6 Å². The Morgan fingerprint density at radius 1 is 1.10 bits per heavy atom. The first-order chi connectivity index (χ1) is 13.8. The van der Waals surface area contributed by atoms with Crippen LogP contribution in [0.25, 0.3) is 11.0 Å². The molecule has 1 aromatic carbocycles. The monoisotopic (exact) mass is 400 g/mol. The average Bonchev–Trinajstić information content (AvgIpc) is 3.00. The molecule has 1 N–H and O–H groups in total. The Morgan fingerprint density at radius 3 is 2.45 bits per heavy atom. The number of hydrogen-bond acceptors (Lipinski definition) is 5. The SMILES string of the molecule is CCn1c(=O)c2c(cc(C)n2C)n(CC(=O)Nc2ccc(OC)cc2OC)c1=O. The van der Waals surface area contributed by atoms with Crippen molar-refractivity contribution < 1.29 is 14.3 Å². The number of ether oxygens (including phenoxy) is 2. The second kappa shape index (κ2) is 7.86. The lowest BCUT2D eigenvalue weighted by Gasteiger charge is -2.14. The van der Waals surface area contributed by atoms with E-state index in [1.54, 1.807) is 42.8 Å². The molecule has 2 heterocycles. The molecule has 0 aliphatic rings. The Hall–Kier alpha value is -3.49. The molecule has 1 amide bonds. The number of amides is 1. The van der Waals surface area contributed by atoms with Crippen LogP contribution in [0.4, 0.5) is 5.69 Å². The first kappa shape index (κ1) is 20.2. The maximum atomic E-state index is 12.8. The van der Waals surface area contributed by atoms with Crippen molar-refractivity contribution in [3.63, 3.8) is 0 Å². The lowest BCUT2D eigenvalue weighted by atomic mass is 10.2. The molecule has 2 aromatic heterocycles. The summed E-state index contributed by atoms with van der Waals surface area (Å²) >= 11 is 0. The average molecular weight is 400 g/mol. The van der Waals surface area contributed by atoms with Crippen LogP contribution in [-0.4, -0.2) is 33.8 Å². The summed E-state index contributed by atoms with van der Waals surface area (Å²) in [6.45, 7) is 3.53. The van der Waals surface area contributed by atoms with Crippen molar-refractivity contribution in [3.05, 3.63) is 50.8 Å². The van der Waals surface area contributed by atoms with Crippen molar-refractivity contribution in [2.24, 2.45) is 7.05 Å². The fraction of sp³-hybridized carbons (Fsp3) is 0.350. The van der Waals surface area contributed by atoms with Gasteiger partial charge in [0.05, 0.1) is 25.4 Å². The summed E-state index contributed by atoms with van der Waals surface area (Å²) in [4.78, 5) is 38.3. The molecule has 0 saturated carbocycles. The molecular formula is C20H24N4O5. The fourth-order valence-electron chi connectivity index (χ4n) is 3.30. The van der Waals surface area contributed by atoms with E-state index in [4.69, 9.17) is 9.47 Å². The number of methoxy groups -OCH3 is 2. The number of carbonyl (C=O) groups is 1. The molecule has 0 atom stereocenters. The predicted molar refractivity (Wildman–Crippen MR) is 110 cm³/mol. The van der Waals surface area contributed by atoms with Gasteiger partial charge in [-0.2, -0.15) is 0 Å². The molecule has 0 spiro atoms. The number of anilines is 1. The molecule has 3 rings (SSSR count). The Bertz CT molecular complexity index is 1200. The molecule has 29 heavy (non-hydrogen) atoms. The lowest BCUT2D eigenvalue weighted by Crippen LogP contribution is -2.41. The van der Waals surface area contributed by atoms with Gasteiger partial charge in [0.2, 0.25) is 5.91 Å². The number of fused-ring (bicyclic) bond motifs is 1. The highest BCUT2D eigenvalue weighted by Crippen LogP contribution is 2.29. The van der Waals surface area contributed by atoms with Crippen molar-refractivity contribution >= 4 is 22.6 Å². The molecule has 0 unspecified atom stereocenters. The van der Waals surface area contributed by atoms with Crippen LogP contribution in [0.5, 0.6) is 11.5 Å². The number of aryl methyl sites for hydroxylation is 2. The normalized spacial score (nSPS) is 10.9. The van der Waals surface area contributed by atoms with Crippen LogP contribution in [0.2, 0.25) is 0 Å². The van der Waals surface area contributed by atoms with Gasteiger partial charge in [0.15, 0.2) is 0 Å². The van der Waals surface area contributed by atoms with E-state index in [2.05, 4.69) is 5.32 Å². The Labute approximate surface area is 167 Å². The highest BCUT2D eigenvalue weighted by atomic mass is 16.5. The Morgan fingerprint density at radius 2 is 1.83 bits per heavy atom. The zero-order valence-electron chi connectivity index (χ0n) is 17.1. The van der Waals surface area contributed by atoms with Gasteiger partial charge in [-0.1, -0.05) is 0 Å². The van der Waals surface area contributed by atoms with Crippen LogP contribution in [0.15, 0.2) is 33.9 Å². The Balaban J connectivity index is 2.03. The Kier molecular flexibility index (Phi) is 5.49. The number of hydrogen-bond donors (Lipinski definition) is 1. The van der Waals surface area contributed by atoms with Gasteiger partial charge in [-0.25, -0.2) is 4.79 Å². The molecule has 154 valence electrons. The van der Waals surface area contributed by atoms with Crippen LogP contribution in [-0.2, 0) is 24.9 Å². The molecular weight excluding hydrogens is 376 g/mol. The summed E-state index contributed by atoms with van der Waals surface area (Å²) in [5.74, 6) is 0.608. The summed E-state index contributed by atoms with van der Waals surface area (Å²) < 4.78 is 14.6. The molecule has 9 heteroatoms. The van der Waals surface area contributed by atoms with Crippen molar-refractivity contribution in [2.75, 3.05) is 19.5 Å². The number of aromatic nitrogens is 3. The van der Waals surface area contributed by atoms with Gasteiger partial charge in [-0.3, -0.25) is 18.7 Å². The highest BCUT2D eigenvalue weighted by molar-refractivity contribution is 5.93. The van der Waals surface area contributed by atoms with Gasteiger partial charge in [0.25, 0.3) is 5.56 Å². The molecule has 0 saturated heterocycles. The van der Waals surface area contributed by atoms with Crippen molar-refractivity contribution in [3.8, 4) is 11.5 Å². The minimum atomic E-state index is -0.521. The molecule has 0 bridgehead atoms. The summed E-state index contributed by atoms with van der Waals surface area (Å²) in [6.07, 6.45) is 0. The van der Waals surface area contributed by atoms with E-state index in [0.29, 0.717) is 28.2 Å². The van der Waals surface area contributed by atoms with Gasteiger partial charge >= 0.3 is 5.69 Å². The third kappa shape index (κ3) is 3.51. The molecule has 9 nitrogen and oxygen atoms in total. The zero-order valence-corrected chi connectivity index (χ0v) is 17.1. The molecule has 0 aliphatic heterocycles. The van der Waals surface area contributed by atoms with E-state index >= 15 is 0 Å². The van der Waals surface area contributed by atoms with Crippen LogP contribution < -0.4 is 26.0 Å². The maximum Gasteiger partial charge on any atom is 0.332 e. The summed E-state index contributed by atoms with van der Waals surface area (Å²) in [6, 6.07) is 6.74. The number of nitrogens with one attached hydrogen (secondary N) is 1. The number of benzene rings is 1.